The third kappa shape index (κ3) is 3.14. The first kappa shape index (κ1) is 13.4. The zero-order valence-corrected chi connectivity index (χ0v) is 9.26. The number of hydrogen-bond acceptors (Lipinski definition) is 6. The maximum atomic E-state index is 11.5. The molecule has 0 fully saturated rings. The molecule has 2 N–H and O–H groups in total. The summed E-state index contributed by atoms with van der Waals surface area (Å²) in [6.45, 7) is -0.433. The molecule has 0 aromatic carbocycles. The van der Waals surface area contributed by atoms with Gasteiger partial charge in [-0.3, -0.25) is 24.5 Å². The van der Waals surface area contributed by atoms with Crippen LogP contribution in [-0.4, -0.2) is 35.4 Å². The van der Waals surface area contributed by atoms with Crippen LogP contribution in [0.5, 0.6) is 0 Å². The van der Waals surface area contributed by atoms with E-state index in [2.05, 4.69) is 15.0 Å². The molecule has 0 bridgehead atoms. The van der Waals surface area contributed by atoms with E-state index in [0.29, 0.717) is 0 Å². The van der Waals surface area contributed by atoms with E-state index in [1.54, 1.807) is 0 Å². The molecule has 0 aliphatic carbocycles. The van der Waals surface area contributed by atoms with Crippen LogP contribution >= 0.6 is 0 Å². The number of amides is 1. The SMILES string of the molecule is COC(=O)CNC(=O)c1cc([N+](=O)[O-])c[nH]c1=O. The Hall–Kier alpha value is -2.71. The summed E-state index contributed by atoms with van der Waals surface area (Å²) in [6, 6.07) is 0.825. The molecule has 0 saturated heterocycles. The number of methoxy groups -OCH3 is 1. The first-order valence-corrected chi connectivity index (χ1v) is 4.68. The van der Waals surface area contributed by atoms with Crippen LogP contribution in [0.1, 0.15) is 10.4 Å². The smallest absolute Gasteiger partial charge is 0.325 e. The molecule has 0 radical (unpaired) electrons. The number of H-pyrrole nitrogens is 1. The van der Waals surface area contributed by atoms with Crippen LogP contribution in [0.15, 0.2) is 17.1 Å². The van der Waals surface area contributed by atoms with Crippen molar-refractivity contribution in [3.8, 4) is 0 Å². The quantitative estimate of drug-likeness (QED) is 0.410. The van der Waals surface area contributed by atoms with Gasteiger partial charge < -0.3 is 15.0 Å². The standard InChI is InChI=1S/C9H9N3O6/c1-18-7(13)4-11-9(15)6-2-5(12(16)17)3-10-8(6)14/h2-3H,4H2,1H3,(H,10,14)(H,11,15). The number of nitro groups is 1. The van der Waals surface area contributed by atoms with Crippen LogP contribution in [0, 0.1) is 10.1 Å². The lowest BCUT2D eigenvalue weighted by Crippen LogP contribution is -2.33. The molecule has 0 saturated carbocycles. The first-order chi connectivity index (χ1) is 8.45. The number of aromatic nitrogens is 1. The minimum atomic E-state index is -0.898. The minimum Gasteiger partial charge on any atom is -0.468 e. The molecule has 0 unspecified atom stereocenters. The molecule has 18 heavy (non-hydrogen) atoms. The molecular weight excluding hydrogens is 246 g/mol. The van der Waals surface area contributed by atoms with Crippen molar-refractivity contribution < 1.29 is 19.2 Å². The summed E-state index contributed by atoms with van der Waals surface area (Å²) in [5, 5.41) is 12.6. The Kier molecular flexibility index (Phi) is 4.13. The fourth-order valence-electron chi connectivity index (χ4n) is 1.07. The topological polar surface area (TPSA) is 131 Å². The van der Waals surface area contributed by atoms with E-state index >= 15 is 0 Å². The van der Waals surface area contributed by atoms with E-state index in [1.165, 1.54) is 0 Å². The average molecular weight is 255 g/mol. The van der Waals surface area contributed by atoms with Gasteiger partial charge in [0.1, 0.15) is 12.1 Å². The Morgan fingerprint density at radius 1 is 1.56 bits per heavy atom. The molecular formula is C9H9N3O6. The largest absolute Gasteiger partial charge is 0.468 e. The normalized spacial score (nSPS) is 9.61. The number of nitrogens with zero attached hydrogens (tertiary/aromatic N) is 1. The van der Waals surface area contributed by atoms with Gasteiger partial charge in [-0.1, -0.05) is 0 Å². The number of esters is 1. The summed E-state index contributed by atoms with van der Waals surface area (Å²) in [7, 11) is 1.13. The van der Waals surface area contributed by atoms with Crippen molar-refractivity contribution in [1.82, 2.24) is 10.3 Å². The van der Waals surface area contributed by atoms with Crippen LogP contribution in [-0.2, 0) is 9.53 Å². The predicted octanol–water partition coefficient (Wildman–Crippen LogP) is -0.814. The zero-order chi connectivity index (χ0) is 13.7. The minimum absolute atomic E-state index is 0.433. The highest BCUT2D eigenvalue weighted by atomic mass is 16.6. The maximum absolute atomic E-state index is 11.5. The first-order valence-electron chi connectivity index (χ1n) is 4.68. The zero-order valence-electron chi connectivity index (χ0n) is 9.26. The number of nitrogens with one attached hydrogen (secondary N) is 2. The second kappa shape index (κ2) is 5.57. The molecule has 96 valence electrons. The second-order valence-electron chi connectivity index (χ2n) is 3.12. The summed E-state index contributed by atoms with van der Waals surface area (Å²) in [6.07, 6.45) is 0.874. The van der Waals surface area contributed by atoms with Crippen LogP contribution in [0.25, 0.3) is 0 Å². The van der Waals surface area contributed by atoms with Gasteiger partial charge in [0.15, 0.2) is 0 Å². The van der Waals surface area contributed by atoms with E-state index in [-0.39, 0.29) is 0 Å². The molecule has 9 heteroatoms. The molecule has 0 atom stereocenters. The molecule has 0 aliphatic rings. The van der Waals surface area contributed by atoms with Crippen molar-refractivity contribution in [2.45, 2.75) is 0 Å². The molecule has 9 nitrogen and oxygen atoms in total. The maximum Gasteiger partial charge on any atom is 0.325 e. The van der Waals surface area contributed by atoms with E-state index in [0.717, 1.165) is 19.4 Å². The summed E-state index contributed by atoms with van der Waals surface area (Å²) in [5.41, 5.74) is -1.67. The summed E-state index contributed by atoms with van der Waals surface area (Å²) < 4.78 is 4.28. The van der Waals surface area contributed by atoms with Gasteiger partial charge in [-0.05, 0) is 0 Å². The third-order valence-corrected chi connectivity index (χ3v) is 1.96. The van der Waals surface area contributed by atoms with Crippen molar-refractivity contribution in [2.75, 3.05) is 13.7 Å². The van der Waals surface area contributed by atoms with Gasteiger partial charge in [0.25, 0.3) is 17.2 Å². The number of rotatable bonds is 4. The number of pyridine rings is 1. The highest BCUT2D eigenvalue weighted by Gasteiger charge is 2.16. The van der Waals surface area contributed by atoms with Crippen LogP contribution in [0.4, 0.5) is 5.69 Å². The van der Waals surface area contributed by atoms with Crippen molar-refractivity contribution >= 4 is 17.6 Å². The van der Waals surface area contributed by atoms with Gasteiger partial charge in [0, 0.05) is 6.07 Å². The molecule has 1 amide bonds. The van der Waals surface area contributed by atoms with Crippen molar-refractivity contribution in [3.05, 3.63) is 38.3 Å². The van der Waals surface area contributed by atoms with Crippen LogP contribution in [0.3, 0.4) is 0 Å². The second-order valence-corrected chi connectivity index (χ2v) is 3.12. The lowest BCUT2D eigenvalue weighted by atomic mass is 10.2. The number of carbonyl (C=O) groups excluding carboxylic acids is 2. The lowest BCUT2D eigenvalue weighted by Gasteiger charge is -2.02. The Labute approximate surface area is 99.9 Å². The van der Waals surface area contributed by atoms with Gasteiger partial charge >= 0.3 is 5.97 Å². The average Bonchev–Trinajstić information content (AvgIpc) is 2.35. The number of hydrogen-bond donors (Lipinski definition) is 2. The van der Waals surface area contributed by atoms with Gasteiger partial charge in [0.05, 0.1) is 18.2 Å². The van der Waals surface area contributed by atoms with E-state index < -0.39 is 40.2 Å². The Bertz CT molecular complexity index is 549. The lowest BCUT2D eigenvalue weighted by molar-refractivity contribution is -0.385. The van der Waals surface area contributed by atoms with Crippen molar-refractivity contribution in [3.63, 3.8) is 0 Å². The predicted molar refractivity (Wildman–Crippen MR) is 58.1 cm³/mol. The van der Waals surface area contributed by atoms with Crippen molar-refractivity contribution in [2.24, 2.45) is 0 Å². The summed E-state index contributed by atoms with van der Waals surface area (Å²) in [4.78, 5) is 45.3. The number of carbonyl (C=O) groups is 2. The van der Waals surface area contributed by atoms with Crippen LogP contribution < -0.4 is 10.9 Å². The summed E-state index contributed by atoms with van der Waals surface area (Å²) in [5.74, 6) is -1.60. The van der Waals surface area contributed by atoms with Gasteiger partial charge in [-0.15, -0.1) is 0 Å². The third-order valence-electron chi connectivity index (χ3n) is 1.96. The highest BCUT2D eigenvalue weighted by Crippen LogP contribution is 2.07. The molecule has 0 spiro atoms. The van der Waals surface area contributed by atoms with E-state index in [4.69, 9.17) is 0 Å². The van der Waals surface area contributed by atoms with Gasteiger partial charge in [-0.2, -0.15) is 0 Å². The molecule has 1 aromatic heterocycles. The monoisotopic (exact) mass is 255 g/mol. The molecule has 1 heterocycles. The molecule has 1 rings (SSSR count). The van der Waals surface area contributed by atoms with E-state index in [9.17, 15) is 24.5 Å². The highest BCUT2D eigenvalue weighted by molar-refractivity contribution is 5.96. The fourth-order valence-corrected chi connectivity index (χ4v) is 1.07. The fraction of sp³-hybridized carbons (Fsp3) is 0.222. The Balaban J connectivity index is 2.91. The van der Waals surface area contributed by atoms with Crippen molar-refractivity contribution in [1.29, 1.82) is 0 Å². The van der Waals surface area contributed by atoms with Gasteiger partial charge in [-0.25, -0.2) is 0 Å². The van der Waals surface area contributed by atoms with Crippen LogP contribution in [0.2, 0.25) is 0 Å². The molecule has 0 aliphatic heterocycles. The Morgan fingerprint density at radius 2 is 2.22 bits per heavy atom. The summed E-state index contributed by atoms with van der Waals surface area (Å²) >= 11 is 0. The molecule has 1 aromatic rings. The van der Waals surface area contributed by atoms with Gasteiger partial charge in [0.2, 0.25) is 0 Å². The Morgan fingerprint density at radius 3 is 2.78 bits per heavy atom. The number of ether oxygens (including phenoxy) is 1. The number of aromatic amines is 1. The van der Waals surface area contributed by atoms with E-state index in [1.807, 2.05) is 0 Å².